The molecule has 0 unspecified atom stereocenters. The lowest BCUT2D eigenvalue weighted by atomic mass is 10.2. The van der Waals surface area contributed by atoms with E-state index < -0.39 is 0 Å². The number of carbonyl (C=O) groups is 1. The minimum atomic E-state index is -0.302. The third kappa shape index (κ3) is 4.00. The van der Waals surface area contributed by atoms with Gasteiger partial charge in [-0.2, -0.15) is 10.1 Å². The van der Waals surface area contributed by atoms with Gasteiger partial charge in [0.25, 0.3) is 5.91 Å². The Morgan fingerprint density at radius 1 is 1.12 bits per heavy atom. The van der Waals surface area contributed by atoms with Crippen LogP contribution in [0.15, 0.2) is 35.4 Å². The van der Waals surface area contributed by atoms with Crippen LogP contribution in [0.4, 0.5) is 11.4 Å². The normalized spacial score (nSPS) is 13.8. The van der Waals surface area contributed by atoms with E-state index in [4.69, 9.17) is 56.9 Å². The highest BCUT2D eigenvalue weighted by atomic mass is 35.5. The quantitative estimate of drug-likeness (QED) is 0.681. The zero-order valence-corrected chi connectivity index (χ0v) is 16.1. The Bertz CT molecular complexity index is 881. The lowest BCUT2D eigenvalue weighted by molar-refractivity contribution is -0.116. The average Bonchev–Trinajstić information content (AvgIpc) is 2.90. The summed E-state index contributed by atoms with van der Waals surface area (Å²) in [5, 5.41) is 9.64. The molecule has 1 aliphatic heterocycles. The molecule has 0 saturated carbocycles. The Labute approximate surface area is 169 Å². The van der Waals surface area contributed by atoms with E-state index >= 15 is 0 Å². The molecule has 3 N–H and O–H groups in total. The topological polar surface area (TPSA) is 80.0 Å². The van der Waals surface area contributed by atoms with Gasteiger partial charge in [-0.25, -0.2) is 0 Å². The van der Waals surface area contributed by atoms with Gasteiger partial charge >= 0.3 is 0 Å². The number of amides is 1. The SMILES string of the molecule is NCOc1ccc(Cl)c(NC2=NN(c3c(Cl)cc(Cl)cc3Cl)C(=O)C2)c1. The Morgan fingerprint density at radius 3 is 2.46 bits per heavy atom. The predicted molar refractivity (Wildman–Crippen MR) is 106 cm³/mol. The van der Waals surface area contributed by atoms with Crippen LogP contribution in [-0.2, 0) is 4.79 Å². The minimum absolute atomic E-state index is 0.0214. The number of hydrogen-bond acceptors (Lipinski definition) is 5. The van der Waals surface area contributed by atoms with Crippen LogP contribution in [0.1, 0.15) is 6.42 Å². The largest absolute Gasteiger partial charge is 0.479 e. The molecule has 6 nitrogen and oxygen atoms in total. The number of halogens is 4. The Morgan fingerprint density at radius 2 is 1.81 bits per heavy atom. The van der Waals surface area contributed by atoms with Crippen molar-refractivity contribution in [1.29, 1.82) is 0 Å². The summed E-state index contributed by atoms with van der Waals surface area (Å²) in [5.41, 5.74) is 6.16. The van der Waals surface area contributed by atoms with Crippen molar-refractivity contribution >= 4 is 69.5 Å². The zero-order valence-electron chi connectivity index (χ0n) is 13.1. The summed E-state index contributed by atoms with van der Waals surface area (Å²) in [5.74, 6) is 0.609. The lowest BCUT2D eigenvalue weighted by Gasteiger charge is -2.15. The van der Waals surface area contributed by atoms with Crippen LogP contribution >= 0.6 is 46.4 Å². The van der Waals surface area contributed by atoms with Gasteiger partial charge in [-0.3, -0.25) is 10.5 Å². The predicted octanol–water partition coefficient (Wildman–Crippen LogP) is 4.76. The summed E-state index contributed by atoms with van der Waals surface area (Å²) in [6, 6.07) is 7.97. The Hall–Kier alpha value is -1.70. The smallest absolute Gasteiger partial charge is 0.255 e. The van der Waals surface area contributed by atoms with Gasteiger partial charge in [-0.05, 0) is 24.3 Å². The highest BCUT2D eigenvalue weighted by Gasteiger charge is 2.29. The second kappa shape index (κ2) is 7.90. The third-order valence-corrected chi connectivity index (χ3v) is 4.56. The van der Waals surface area contributed by atoms with Gasteiger partial charge in [-0.15, -0.1) is 0 Å². The van der Waals surface area contributed by atoms with Crippen LogP contribution in [0.25, 0.3) is 0 Å². The van der Waals surface area contributed by atoms with Crippen molar-refractivity contribution in [2.24, 2.45) is 10.8 Å². The number of rotatable bonds is 4. The maximum absolute atomic E-state index is 12.4. The number of benzene rings is 2. The molecule has 2 aromatic carbocycles. The van der Waals surface area contributed by atoms with E-state index in [-0.39, 0.29) is 34.8 Å². The minimum Gasteiger partial charge on any atom is -0.479 e. The Kier molecular flexibility index (Phi) is 5.79. The fraction of sp³-hybridized carbons (Fsp3) is 0.125. The standard InChI is InChI=1S/C16H12Cl4N4O2/c17-8-3-11(19)16(12(20)4-8)24-15(25)6-14(23-24)22-13-5-9(26-7-21)1-2-10(13)18/h1-5H,6-7,21H2,(H,22,23). The van der Waals surface area contributed by atoms with Crippen LogP contribution in [0, 0.1) is 0 Å². The maximum atomic E-state index is 12.4. The van der Waals surface area contributed by atoms with E-state index in [9.17, 15) is 4.79 Å². The van der Waals surface area contributed by atoms with Crippen molar-refractivity contribution in [3.05, 3.63) is 50.4 Å². The van der Waals surface area contributed by atoms with E-state index in [1.165, 1.54) is 12.1 Å². The molecule has 0 bridgehead atoms. The number of nitrogens with zero attached hydrogens (tertiary/aromatic N) is 2. The molecule has 10 heteroatoms. The number of ether oxygens (including phenoxy) is 1. The first-order valence-electron chi connectivity index (χ1n) is 7.33. The van der Waals surface area contributed by atoms with Gasteiger partial charge in [0.15, 0.2) is 0 Å². The molecule has 3 rings (SSSR count). The molecule has 26 heavy (non-hydrogen) atoms. The molecule has 1 amide bonds. The first kappa shape index (κ1) is 19.1. The fourth-order valence-corrected chi connectivity index (χ4v) is 3.49. The van der Waals surface area contributed by atoms with E-state index in [0.29, 0.717) is 27.3 Å². The Balaban J connectivity index is 1.89. The summed E-state index contributed by atoms with van der Waals surface area (Å²) >= 11 is 24.4. The molecule has 0 aromatic heterocycles. The average molecular weight is 434 g/mol. The molecule has 0 fully saturated rings. The highest BCUT2D eigenvalue weighted by Crippen LogP contribution is 2.38. The number of nitrogens with two attached hydrogens (primary N) is 1. The fourth-order valence-electron chi connectivity index (χ4n) is 2.35. The highest BCUT2D eigenvalue weighted by molar-refractivity contribution is 6.42. The first-order chi connectivity index (χ1) is 12.4. The van der Waals surface area contributed by atoms with E-state index in [1.54, 1.807) is 18.2 Å². The van der Waals surface area contributed by atoms with E-state index in [1.807, 2.05) is 0 Å². The van der Waals surface area contributed by atoms with Crippen molar-refractivity contribution in [3.63, 3.8) is 0 Å². The van der Waals surface area contributed by atoms with Crippen molar-refractivity contribution in [3.8, 4) is 5.75 Å². The molecule has 0 aliphatic carbocycles. The monoisotopic (exact) mass is 432 g/mol. The second-order valence-corrected chi connectivity index (χ2v) is 6.88. The molecular formula is C16H12Cl4N4O2. The second-order valence-electron chi connectivity index (χ2n) is 5.22. The summed E-state index contributed by atoms with van der Waals surface area (Å²) in [4.78, 5) is 12.4. The maximum Gasteiger partial charge on any atom is 0.255 e. The summed E-state index contributed by atoms with van der Waals surface area (Å²) in [6.45, 7) is 0.0296. The number of carbonyl (C=O) groups excluding carboxylic acids is 1. The van der Waals surface area contributed by atoms with Gasteiger partial charge in [-0.1, -0.05) is 46.4 Å². The molecule has 136 valence electrons. The van der Waals surface area contributed by atoms with Gasteiger partial charge in [0, 0.05) is 11.1 Å². The van der Waals surface area contributed by atoms with E-state index in [0.717, 1.165) is 5.01 Å². The molecule has 2 aromatic rings. The van der Waals surface area contributed by atoms with Crippen LogP contribution < -0.4 is 20.8 Å². The molecule has 1 aliphatic rings. The third-order valence-electron chi connectivity index (χ3n) is 3.44. The first-order valence-corrected chi connectivity index (χ1v) is 8.84. The molecule has 0 radical (unpaired) electrons. The van der Waals surface area contributed by atoms with Crippen molar-refractivity contribution in [2.75, 3.05) is 17.1 Å². The van der Waals surface area contributed by atoms with Crippen molar-refractivity contribution in [1.82, 2.24) is 0 Å². The van der Waals surface area contributed by atoms with Gasteiger partial charge < -0.3 is 10.1 Å². The number of hydrogen-bond donors (Lipinski definition) is 2. The molecule has 0 atom stereocenters. The van der Waals surface area contributed by atoms with Crippen LogP contribution in [0.2, 0.25) is 20.1 Å². The van der Waals surface area contributed by atoms with Gasteiger partial charge in [0.2, 0.25) is 0 Å². The number of anilines is 2. The van der Waals surface area contributed by atoms with Crippen molar-refractivity contribution < 1.29 is 9.53 Å². The lowest BCUT2D eigenvalue weighted by Crippen LogP contribution is -2.20. The van der Waals surface area contributed by atoms with E-state index in [2.05, 4.69) is 10.4 Å². The number of hydrazone groups is 1. The van der Waals surface area contributed by atoms with Gasteiger partial charge in [0.1, 0.15) is 24.0 Å². The number of nitrogens with one attached hydrogen (secondary N) is 1. The van der Waals surface area contributed by atoms with Gasteiger partial charge in [0.05, 0.1) is 27.2 Å². The molecular weight excluding hydrogens is 422 g/mol. The van der Waals surface area contributed by atoms with Crippen molar-refractivity contribution in [2.45, 2.75) is 6.42 Å². The summed E-state index contributed by atoms with van der Waals surface area (Å²) in [7, 11) is 0. The van der Waals surface area contributed by atoms with Crippen LogP contribution in [-0.4, -0.2) is 18.5 Å². The molecule has 0 spiro atoms. The number of amidine groups is 1. The summed E-state index contributed by atoms with van der Waals surface area (Å²) in [6.07, 6.45) is 0.0214. The summed E-state index contributed by atoms with van der Waals surface area (Å²) < 4.78 is 5.23. The molecule has 0 saturated heterocycles. The molecule has 1 heterocycles. The van der Waals surface area contributed by atoms with Crippen LogP contribution in [0.3, 0.4) is 0 Å². The zero-order chi connectivity index (χ0) is 18.8. The van der Waals surface area contributed by atoms with Crippen LogP contribution in [0.5, 0.6) is 5.75 Å².